The van der Waals surface area contributed by atoms with Crippen LogP contribution in [0.3, 0.4) is 0 Å². The van der Waals surface area contributed by atoms with Gasteiger partial charge in [-0.3, -0.25) is 4.79 Å². The molecule has 1 amide bonds. The number of rotatable bonds is 3. The lowest BCUT2D eigenvalue weighted by Gasteiger charge is -2.26. The number of anilines is 1. The van der Waals surface area contributed by atoms with Crippen LogP contribution in [-0.4, -0.2) is 47.1 Å². The summed E-state index contributed by atoms with van der Waals surface area (Å²) in [7, 11) is 0. The van der Waals surface area contributed by atoms with Gasteiger partial charge in [0.15, 0.2) is 0 Å². The van der Waals surface area contributed by atoms with Gasteiger partial charge in [0.2, 0.25) is 11.9 Å². The molecule has 0 N–H and O–H groups in total. The van der Waals surface area contributed by atoms with Crippen molar-refractivity contribution in [2.45, 2.75) is 19.5 Å². The third-order valence-electron chi connectivity index (χ3n) is 4.20. The van der Waals surface area contributed by atoms with E-state index in [0.29, 0.717) is 32.7 Å². The zero-order valence-corrected chi connectivity index (χ0v) is 13.6. The minimum Gasteiger partial charge on any atom is -0.378 e. The topological polar surface area (TPSA) is 58.6 Å². The first-order chi connectivity index (χ1) is 11.3. The normalized spacial score (nSPS) is 17.4. The summed E-state index contributed by atoms with van der Waals surface area (Å²) in [4.78, 5) is 26.7. The first kappa shape index (κ1) is 14.6. The number of carbonyl (C=O) groups excluding carboxylic acids is 1. The highest BCUT2D eigenvalue weighted by Gasteiger charge is 2.26. The van der Waals surface area contributed by atoms with Gasteiger partial charge in [-0.15, -0.1) is 11.3 Å². The Kier molecular flexibility index (Phi) is 3.97. The molecule has 4 rings (SSSR count). The van der Waals surface area contributed by atoms with Gasteiger partial charge in [0.25, 0.3) is 0 Å². The van der Waals surface area contributed by atoms with Crippen LogP contribution < -0.4 is 4.90 Å². The lowest BCUT2D eigenvalue weighted by atomic mass is 10.3. The predicted molar refractivity (Wildman–Crippen MR) is 87.3 cm³/mol. The molecule has 2 aromatic rings. The average molecular weight is 330 g/mol. The zero-order chi connectivity index (χ0) is 15.6. The van der Waals surface area contributed by atoms with E-state index in [2.05, 4.69) is 14.9 Å². The summed E-state index contributed by atoms with van der Waals surface area (Å²) < 4.78 is 5.36. The van der Waals surface area contributed by atoms with Crippen molar-refractivity contribution in [2.24, 2.45) is 0 Å². The van der Waals surface area contributed by atoms with Gasteiger partial charge in [0, 0.05) is 36.3 Å². The van der Waals surface area contributed by atoms with Crippen molar-refractivity contribution in [3.05, 3.63) is 39.8 Å². The number of ether oxygens (including phenoxy) is 1. The fourth-order valence-corrected chi connectivity index (χ4v) is 3.60. The first-order valence-corrected chi connectivity index (χ1v) is 8.65. The van der Waals surface area contributed by atoms with Gasteiger partial charge < -0.3 is 14.5 Å². The smallest absolute Gasteiger partial charge is 0.228 e. The molecule has 7 heteroatoms. The van der Waals surface area contributed by atoms with E-state index in [1.165, 1.54) is 0 Å². The van der Waals surface area contributed by atoms with E-state index in [4.69, 9.17) is 4.74 Å². The highest BCUT2D eigenvalue weighted by atomic mass is 32.1. The molecule has 2 aliphatic rings. The van der Waals surface area contributed by atoms with Crippen molar-refractivity contribution in [3.63, 3.8) is 0 Å². The highest BCUT2D eigenvalue weighted by Crippen LogP contribution is 2.24. The van der Waals surface area contributed by atoms with E-state index < -0.39 is 0 Å². The number of amides is 1. The largest absolute Gasteiger partial charge is 0.378 e. The van der Waals surface area contributed by atoms with Crippen LogP contribution >= 0.6 is 11.3 Å². The number of morpholine rings is 1. The third kappa shape index (κ3) is 3.07. The molecule has 120 valence electrons. The van der Waals surface area contributed by atoms with Crippen LogP contribution in [0.2, 0.25) is 0 Å². The number of carbonyl (C=O) groups is 1. The Balaban J connectivity index is 1.45. The second-order valence-corrected chi connectivity index (χ2v) is 6.78. The second-order valence-electron chi connectivity index (χ2n) is 5.75. The number of fused-ring (bicyclic) bond motifs is 1. The lowest BCUT2D eigenvalue weighted by Crippen LogP contribution is -2.37. The van der Waals surface area contributed by atoms with Gasteiger partial charge in [-0.05, 0) is 11.4 Å². The minimum atomic E-state index is 0.151. The SMILES string of the molecule is O=C(Cc1cccs1)N1Cc2cnc(N3CCOCC3)nc2C1. The summed E-state index contributed by atoms with van der Waals surface area (Å²) in [6, 6.07) is 3.98. The van der Waals surface area contributed by atoms with E-state index in [1.807, 2.05) is 28.6 Å². The summed E-state index contributed by atoms with van der Waals surface area (Å²) in [5, 5.41) is 2.00. The molecule has 0 aliphatic carbocycles. The first-order valence-electron chi connectivity index (χ1n) is 7.77. The Labute approximate surface area is 138 Å². The van der Waals surface area contributed by atoms with E-state index in [1.54, 1.807) is 11.3 Å². The van der Waals surface area contributed by atoms with E-state index in [9.17, 15) is 4.79 Å². The van der Waals surface area contributed by atoms with Gasteiger partial charge in [-0.25, -0.2) is 9.97 Å². The number of thiophene rings is 1. The van der Waals surface area contributed by atoms with Crippen molar-refractivity contribution in [1.82, 2.24) is 14.9 Å². The molecule has 1 saturated heterocycles. The van der Waals surface area contributed by atoms with Crippen molar-refractivity contribution in [1.29, 1.82) is 0 Å². The molecule has 2 aromatic heterocycles. The van der Waals surface area contributed by atoms with Gasteiger partial charge in [-0.2, -0.15) is 0 Å². The molecule has 0 saturated carbocycles. The fourth-order valence-electron chi connectivity index (χ4n) is 2.91. The molecule has 2 aliphatic heterocycles. The molecule has 0 aromatic carbocycles. The molecule has 0 radical (unpaired) electrons. The van der Waals surface area contributed by atoms with E-state index in [-0.39, 0.29) is 5.91 Å². The summed E-state index contributed by atoms with van der Waals surface area (Å²) in [6.07, 6.45) is 2.33. The Hall–Kier alpha value is -1.99. The van der Waals surface area contributed by atoms with Crippen LogP contribution in [0, 0.1) is 0 Å². The maximum Gasteiger partial charge on any atom is 0.228 e. The minimum absolute atomic E-state index is 0.151. The van der Waals surface area contributed by atoms with Crippen LogP contribution in [-0.2, 0) is 29.0 Å². The molecule has 0 atom stereocenters. The summed E-state index contributed by atoms with van der Waals surface area (Å²) in [6.45, 7) is 4.26. The van der Waals surface area contributed by atoms with Crippen LogP contribution in [0.15, 0.2) is 23.7 Å². The van der Waals surface area contributed by atoms with Crippen molar-refractivity contribution < 1.29 is 9.53 Å². The van der Waals surface area contributed by atoms with Crippen molar-refractivity contribution in [2.75, 3.05) is 31.2 Å². The van der Waals surface area contributed by atoms with Crippen molar-refractivity contribution in [3.8, 4) is 0 Å². The van der Waals surface area contributed by atoms with Gasteiger partial charge in [-0.1, -0.05) is 6.07 Å². The lowest BCUT2D eigenvalue weighted by molar-refractivity contribution is -0.131. The van der Waals surface area contributed by atoms with E-state index in [0.717, 1.165) is 35.2 Å². The molecule has 0 unspecified atom stereocenters. The molecule has 23 heavy (non-hydrogen) atoms. The highest BCUT2D eigenvalue weighted by molar-refractivity contribution is 7.10. The number of aromatic nitrogens is 2. The molecule has 1 fully saturated rings. The Bertz CT molecular complexity index is 698. The average Bonchev–Trinajstić information content (AvgIpc) is 3.24. The summed E-state index contributed by atoms with van der Waals surface area (Å²) >= 11 is 1.62. The van der Waals surface area contributed by atoms with E-state index >= 15 is 0 Å². The number of hydrogen-bond donors (Lipinski definition) is 0. The Morgan fingerprint density at radius 1 is 1.30 bits per heavy atom. The molecular weight excluding hydrogens is 312 g/mol. The molecule has 0 bridgehead atoms. The number of nitrogens with zero attached hydrogens (tertiary/aromatic N) is 4. The molecular formula is C16H18N4O2S. The zero-order valence-electron chi connectivity index (χ0n) is 12.8. The van der Waals surface area contributed by atoms with Gasteiger partial charge in [0.05, 0.1) is 31.9 Å². The summed E-state index contributed by atoms with van der Waals surface area (Å²) in [5.41, 5.74) is 2.03. The standard InChI is InChI=1S/C16H18N4O2S/c21-15(8-13-2-1-7-23-13)20-10-12-9-17-16(18-14(12)11-20)19-3-5-22-6-4-19/h1-2,7,9H,3-6,8,10-11H2. The van der Waals surface area contributed by atoms with Crippen molar-refractivity contribution >= 4 is 23.2 Å². The third-order valence-corrected chi connectivity index (χ3v) is 5.07. The van der Waals surface area contributed by atoms with Gasteiger partial charge in [0.1, 0.15) is 0 Å². The fraction of sp³-hybridized carbons (Fsp3) is 0.438. The van der Waals surface area contributed by atoms with Crippen LogP contribution in [0.25, 0.3) is 0 Å². The quantitative estimate of drug-likeness (QED) is 0.853. The molecule has 0 spiro atoms. The second kappa shape index (κ2) is 6.25. The monoisotopic (exact) mass is 330 g/mol. The Morgan fingerprint density at radius 3 is 2.96 bits per heavy atom. The Morgan fingerprint density at radius 2 is 2.17 bits per heavy atom. The summed E-state index contributed by atoms with van der Waals surface area (Å²) in [5.74, 6) is 0.901. The van der Waals surface area contributed by atoms with Crippen LogP contribution in [0.5, 0.6) is 0 Å². The van der Waals surface area contributed by atoms with Crippen LogP contribution in [0.4, 0.5) is 5.95 Å². The van der Waals surface area contributed by atoms with Gasteiger partial charge >= 0.3 is 0 Å². The predicted octanol–water partition coefficient (Wildman–Crippen LogP) is 1.46. The molecule has 4 heterocycles. The maximum absolute atomic E-state index is 12.4. The molecule has 6 nitrogen and oxygen atoms in total. The van der Waals surface area contributed by atoms with Crippen LogP contribution in [0.1, 0.15) is 16.1 Å². The number of hydrogen-bond acceptors (Lipinski definition) is 6. The maximum atomic E-state index is 12.4.